The van der Waals surface area contributed by atoms with Crippen LogP contribution in [0.2, 0.25) is 0 Å². The second-order valence-corrected chi connectivity index (χ2v) is 6.05. The highest BCUT2D eigenvalue weighted by Crippen LogP contribution is 2.33. The Morgan fingerprint density at radius 2 is 2.28 bits per heavy atom. The van der Waals surface area contributed by atoms with Gasteiger partial charge in [-0.3, -0.25) is 0 Å². The summed E-state index contributed by atoms with van der Waals surface area (Å²) in [6, 6.07) is 4.77. The van der Waals surface area contributed by atoms with Crippen molar-refractivity contribution in [3.05, 3.63) is 34.1 Å². The van der Waals surface area contributed by atoms with Crippen LogP contribution in [0, 0.1) is 5.82 Å². The van der Waals surface area contributed by atoms with Gasteiger partial charge in [-0.2, -0.15) is 0 Å². The molecule has 1 fully saturated rings. The quantitative estimate of drug-likeness (QED) is 0.925. The summed E-state index contributed by atoms with van der Waals surface area (Å²) >= 11 is 3.27. The van der Waals surface area contributed by atoms with Crippen molar-refractivity contribution in [2.45, 2.75) is 43.8 Å². The lowest BCUT2D eigenvalue weighted by atomic mass is 9.79. The minimum atomic E-state index is -0.772. The molecular formula is C14H18BrFO2. The van der Waals surface area contributed by atoms with Gasteiger partial charge >= 0.3 is 0 Å². The van der Waals surface area contributed by atoms with Crippen LogP contribution in [0.25, 0.3) is 0 Å². The fourth-order valence-electron chi connectivity index (χ4n) is 2.74. The SMILES string of the molecule is COC1CCCC(O)(Cc2cc(F)cc(Br)c2)C1. The third-order valence-corrected chi connectivity index (χ3v) is 4.02. The molecule has 0 aliphatic heterocycles. The predicted molar refractivity (Wildman–Crippen MR) is 72.0 cm³/mol. The maximum absolute atomic E-state index is 13.3. The van der Waals surface area contributed by atoms with Crippen molar-refractivity contribution in [3.8, 4) is 0 Å². The fourth-order valence-corrected chi connectivity index (χ4v) is 3.25. The molecule has 0 spiro atoms. The molecule has 4 heteroatoms. The first-order valence-electron chi connectivity index (χ1n) is 6.21. The molecule has 1 aliphatic carbocycles. The maximum Gasteiger partial charge on any atom is 0.124 e. The van der Waals surface area contributed by atoms with E-state index in [9.17, 15) is 9.50 Å². The van der Waals surface area contributed by atoms with E-state index in [1.165, 1.54) is 12.1 Å². The van der Waals surface area contributed by atoms with Gasteiger partial charge in [0.2, 0.25) is 0 Å². The maximum atomic E-state index is 13.3. The van der Waals surface area contributed by atoms with Crippen molar-refractivity contribution in [3.63, 3.8) is 0 Å². The molecule has 1 aromatic rings. The third-order valence-electron chi connectivity index (χ3n) is 3.56. The standard InChI is InChI=1S/C14H18BrFO2/c1-18-13-3-2-4-14(17,9-13)8-10-5-11(15)7-12(16)6-10/h5-7,13,17H,2-4,8-9H2,1H3. The van der Waals surface area contributed by atoms with Gasteiger partial charge in [0.1, 0.15) is 5.82 Å². The summed E-state index contributed by atoms with van der Waals surface area (Å²) in [6.45, 7) is 0. The molecule has 0 radical (unpaired) electrons. The molecule has 0 bridgehead atoms. The van der Waals surface area contributed by atoms with Gasteiger partial charge in [0.15, 0.2) is 0 Å². The van der Waals surface area contributed by atoms with E-state index in [4.69, 9.17) is 4.74 Å². The summed E-state index contributed by atoms with van der Waals surface area (Å²) in [5.41, 5.74) is 0.0488. The number of ether oxygens (including phenoxy) is 1. The lowest BCUT2D eigenvalue weighted by Crippen LogP contribution is -2.40. The lowest BCUT2D eigenvalue weighted by molar-refractivity contribution is -0.0581. The van der Waals surface area contributed by atoms with Gasteiger partial charge in [-0.05, 0) is 43.0 Å². The first-order chi connectivity index (χ1) is 8.50. The molecule has 1 N–H and O–H groups in total. The summed E-state index contributed by atoms with van der Waals surface area (Å²) < 4.78 is 19.4. The number of hydrogen-bond donors (Lipinski definition) is 1. The highest BCUT2D eigenvalue weighted by Gasteiger charge is 2.34. The molecule has 1 saturated carbocycles. The van der Waals surface area contributed by atoms with E-state index in [0.717, 1.165) is 24.8 Å². The summed E-state index contributed by atoms with van der Waals surface area (Å²) in [6.07, 6.45) is 3.90. The molecule has 18 heavy (non-hydrogen) atoms. The molecular weight excluding hydrogens is 299 g/mol. The van der Waals surface area contributed by atoms with Gasteiger partial charge in [-0.1, -0.05) is 15.9 Å². The minimum absolute atomic E-state index is 0.112. The van der Waals surface area contributed by atoms with Crippen LogP contribution in [-0.4, -0.2) is 23.9 Å². The third kappa shape index (κ3) is 3.53. The van der Waals surface area contributed by atoms with E-state index in [2.05, 4.69) is 15.9 Å². The highest BCUT2D eigenvalue weighted by atomic mass is 79.9. The van der Waals surface area contributed by atoms with Gasteiger partial charge in [0.25, 0.3) is 0 Å². The van der Waals surface area contributed by atoms with E-state index in [1.54, 1.807) is 7.11 Å². The summed E-state index contributed by atoms with van der Waals surface area (Å²) in [5.74, 6) is -0.276. The number of benzene rings is 1. The van der Waals surface area contributed by atoms with Gasteiger partial charge in [-0.25, -0.2) is 4.39 Å². The summed E-state index contributed by atoms with van der Waals surface area (Å²) in [7, 11) is 1.68. The van der Waals surface area contributed by atoms with Crippen LogP contribution in [-0.2, 0) is 11.2 Å². The second-order valence-electron chi connectivity index (χ2n) is 5.13. The predicted octanol–water partition coefficient (Wildman–Crippen LogP) is 3.45. The van der Waals surface area contributed by atoms with E-state index in [1.807, 2.05) is 6.07 Å². The van der Waals surface area contributed by atoms with Crippen LogP contribution < -0.4 is 0 Å². The van der Waals surface area contributed by atoms with E-state index >= 15 is 0 Å². The Morgan fingerprint density at radius 1 is 1.50 bits per heavy atom. The zero-order valence-corrected chi connectivity index (χ0v) is 12.0. The van der Waals surface area contributed by atoms with E-state index in [-0.39, 0.29) is 11.9 Å². The first kappa shape index (κ1) is 14.0. The Hall–Kier alpha value is -0.450. The largest absolute Gasteiger partial charge is 0.389 e. The number of rotatable bonds is 3. The van der Waals surface area contributed by atoms with Crippen LogP contribution in [0.1, 0.15) is 31.2 Å². The molecule has 0 aromatic heterocycles. The number of hydrogen-bond acceptors (Lipinski definition) is 2. The molecule has 1 aliphatic rings. The first-order valence-corrected chi connectivity index (χ1v) is 7.00. The Morgan fingerprint density at radius 3 is 2.94 bits per heavy atom. The van der Waals surface area contributed by atoms with Crippen molar-refractivity contribution >= 4 is 15.9 Å². The Labute approximate surface area is 115 Å². The molecule has 0 amide bonds. The zero-order chi connectivity index (χ0) is 13.2. The van der Waals surface area contributed by atoms with Crippen molar-refractivity contribution in [1.29, 1.82) is 0 Å². The Kier molecular flexibility index (Phi) is 4.41. The average molecular weight is 317 g/mol. The normalized spacial score (nSPS) is 28.3. The monoisotopic (exact) mass is 316 g/mol. The van der Waals surface area contributed by atoms with Crippen LogP contribution in [0.15, 0.2) is 22.7 Å². The average Bonchev–Trinajstić information content (AvgIpc) is 2.26. The number of aliphatic hydroxyl groups is 1. The fraction of sp³-hybridized carbons (Fsp3) is 0.571. The summed E-state index contributed by atoms with van der Waals surface area (Å²) in [4.78, 5) is 0. The van der Waals surface area contributed by atoms with Gasteiger partial charge < -0.3 is 9.84 Å². The van der Waals surface area contributed by atoms with Gasteiger partial charge in [0.05, 0.1) is 11.7 Å². The molecule has 2 rings (SSSR count). The van der Waals surface area contributed by atoms with Crippen LogP contribution >= 0.6 is 15.9 Å². The van der Waals surface area contributed by atoms with Crippen molar-refractivity contribution in [2.75, 3.05) is 7.11 Å². The summed E-state index contributed by atoms with van der Waals surface area (Å²) in [5, 5.41) is 10.6. The molecule has 2 nitrogen and oxygen atoms in total. The minimum Gasteiger partial charge on any atom is -0.389 e. The topological polar surface area (TPSA) is 29.5 Å². The molecule has 1 aromatic carbocycles. The Bertz CT molecular complexity index is 404. The van der Waals surface area contributed by atoms with Crippen LogP contribution in [0.3, 0.4) is 0 Å². The molecule has 0 saturated heterocycles. The zero-order valence-electron chi connectivity index (χ0n) is 10.5. The molecule has 2 atom stereocenters. The molecule has 100 valence electrons. The second kappa shape index (κ2) is 5.68. The number of halogens is 2. The van der Waals surface area contributed by atoms with Crippen molar-refractivity contribution in [1.82, 2.24) is 0 Å². The smallest absolute Gasteiger partial charge is 0.124 e. The van der Waals surface area contributed by atoms with Gasteiger partial charge in [-0.15, -0.1) is 0 Å². The molecule has 0 heterocycles. The highest BCUT2D eigenvalue weighted by molar-refractivity contribution is 9.10. The van der Waals surface area contributed by atoms with E-state index in [0.29, 0.717) is 17.3 Å². The Balaban J connectivity index is 2.11. The van der Waals surface area contributed by atoms with Gasteiger partial charge in [0, 0.05) is 24.4 Å². The van der Waals surface area contributed by atoms with Crippen molar-refractivity contribution in [2.24, 2.45) is 0 Å². The molecule has 2 unspecified atom stereocenters. The number of methoxy groups -OCH3 is 1. The van der Waals surface area contributed by atoms with Crippen LogP contribution in [0.4, 0.5) is 4.39 Å². The van der Waals surface area contributed by atoms with E-state index < -0.39 is 5.60 Å². The lowest BCUT2D eigenvalue weighted by Gasteiger charge is -2.36. The van der Waals surface area contributed by atoms with Crippen molar-refractivity contribution < 1.29 is 14.2 Å². The van der Waals surface area contributed by atoms with Crippen LogP contribution in [0.5, 0.6) is 0 Å².